The number of nitrogens with zero attached hydrogens (tertiary/aromatic N) is 6. The second-order valence-electron chi connectivity index (χ2n) is 11.4. The molecule has 1 aromatic carbocycles. The van der Waals surface area contributed by atoms with Crippen molar-refractivity contribution in [1.82, 2.24) is 28.6 Å². The third-order valence-electron chi connectivity index (χ3n) is 8.41. The summed E-state index contributed by atoms with van der Waals surface area (Å²) in [5.41, 5.74) is 2.08. The predicted octanol–water partition coefficient (Wildman–Crippen LogP) is 5.69. The molecule has 9 nitrogen and oxygen atoms in total. The van der Waals surface area contributed by atoms with Crippen molar-refractivity contribution in [2.45, 2.75) is 62.1 Å². The summed E-state index contributed by atoms with van der Waals surface area (Å²) in [5, 5.41) is 17.1. The molecule has 0 radical (unpaired) electrons. The van der Waals surface area contributed by atoms with Crippen LogP contribution in [-0.2, 0) is 22.2 Å². The molecule has 42 heavy (non-hydrogen) atoms. The van der Waals surface area contributed by atoms with Gasteiger partial charge in [-0.3, -0.25) is 4.68 Å². The number of hydrogen-bond acceptors (Lipinski definition) is 8. The molecule has 2 fully saturated rings. The number of rotatable bonds is 9. The largest absolute Gasteiger partial charge is 0.383 e. The van der Waals surface area contributed by atoms with Gasteiger partial charge in [0.25, 0.3) is 10.0 Å². The van der Waals surface area contributed by atoms with Crippen molar-refractivity contribution in [3.8, 4) is 21.7 Å². The van der Waals surface area contributed by atoms with E-state index in [0.29, 0.717) is 57.7 Å². The zero-order valence-corrected chi connectivity index (χ0v) is 25.8. The Morgan fingerprint density at radius 1 is 1.14 bits per heavy atom. The molecule has 4 aromatic heterocycles. The fourth-order valence-corrected chi connectivity index (χ4v) is 8.44. The van der Waals surface area contributed by atoms with Gasteiger partial charge in [-0.15, -0.1) is 11.3 Å². The van der Waals surface area contributed by atoms with Gasteiger partial charge in [-0.2, -0.15) is 5.10 Å². The Morgan fingerprint density at radius 3 is 2.60 bits per heavy atom. The van der Waals surface area contributed by atoms with Crippen molar-refractivity contribution in [3.63, 3.8) is 0 Å². The van der Waals surface area contributed by atoms with Gasteiger partial charge in [-0.1, -0.05) is 29.3 Å². The predicted molar refractivity (Wildman–Crippen MR) is 164 cm³/mol. The lowest BCUT2D eigenvalue weighted by atomic mass is 9.81. The van der Waals surface area contributed by atoms with E-state index in [9.17, 15) is 13.5 Å². The SMILES string of the molecule is Cc1ccc(S(=O)(=O)n2c(-c3cnn(CCN(C)C4CC4)c3)cc3c(-c4cnc(C5(O)CCC5)s4)c(Cl)cnc32)cc1. The number of fused-ring (bicyclic) bond motifs is 1. The molecule has 7 rings (SSSR count). The molecule has 0 saturated heterocycles. The maximum Gasteiger partial charge on any atom is 0.269 e. The molecule has 0 bridgehead atoms. The third-order valence-corrected chi connectivity index (χ3v) is 11.6. The van der Waals surface area contributed by atoms with E-state index < -0.39 is 15.6 Å². The van der Waals surface area contributed by atoms with Crippen LogP contribution in [0.25, 0.3) is 32.7 Å². The van der Waals surface area contributed by atoms with Crippen LogP contribution in [0.1, 0.15) is 42.7 Å². The lowest BCUT2D eigenvalue weighted by Crippen LogP contribution is -2.33. The van der Waals surface area contributed by atoms with E-state index in [1.807, 2.05) is 23.9 Å². The summed E-state index contributed by atoms with van der Waals surface area (Å²) < 4.78 is 31.6. The van der Waals surface area contributed by atoms with Crippen LogP contribution in [0.3, 0.4) is 0 Å². The molecule has 5 aromatic rings. The van der Waals surface area contributed by atoms with Crippen molar-refractivity contribution in [2.24, 2.45) is 0 Å². The minimum Gasteiger partial charge on any atom is -0.383 e. The molecule has 0 amide bonds. The Bertz CT molecular complexity index is 1900. The Labute approximate surface area is 253 Å². The molecule has 0 spiro atoms. The van der Waals surface area contributed by atoms with Crippen LogP contribution in [0, 0.1) is 6.92 Å². The molecular weight excluding hydrogens is 592 g/mol. The molecule has 2 saturated carbocycles. The minimum absolute atomic E-state index is 0.163. The van der Waals surface area contributed by atoms with Crippen LogP contribution >= 0.6 is 22.9 Å². The fraction of sp³-hybridized carbons (Fsp3) is 0.367. The molecule has 1 N–H and O–H groups in total. The average molecular weight is 623 g/mol. The van der Waals surface area contributed by atoms with Crippen LogP contribution in [-0.4, -0.2) is 61.8 Å². The molecule has 218 valence electrons. The van der Waals surface area contributed by atoms with Gasteiger partial charge in [-0.25, -0.2) is 22.4 Å². The van der Waals surface area contributed by atoms with Gasteiger partial charge in [0.2, 0.25) is 0 Å². The van der Waals surface area contributed by atoms with Crippen LogP contribution in [0.4, 0.5) is 0 Å². The number of benzene rings is 1. The minimum atomic E-state index is -4.05. The van der Waals surface area contributed by atoms with Gasteiger partial charge in [0.15, 0.2) is 5.65 Å². The Kier molecular flexibility index (Phi) is 6.78. The van der Waals surface area contributed by atoms with Crippen molar-refractivity contribution in [3.05, 3.63) is 70.7 Å². The topological polar surface area (TPSA) is 106 Å². The van der Waals surface area contributed by atoms with Crippen molar-refractivity contribution >= 4 is 44.0 Å². The van der Waals surface area contributed by atoms with E-state index in [-0.39, 0.29) is 10.5 Å². The second-order valence-corrected chi connectivity index (χ2v) is 14.7. The zero-order chi connectivity index (χ0) is 29.2. The number of aromatic nitrogens is 5. The Hall–Kier alpha value is -3.09. The lowest BCUT2D eigenvalue weighted by Gasteiger charge is -2.34. The van der Waals surface area contributed by atoms with Crippen molar-refractivity contribution < 1.29 is 13.5 Å². The van der Waals surface area contributed by atoms with E-state index in [1.54, 1.807) is 36.7 Å². The van der Waals surface area contributed by atoms with Crippen LogP contribution in [0.15, 0.2) is 60.0 Å². The normalized spacial score (nSPS) is 16.8. The highest BCUT2D eigenvalue weighted by molar-refractivity contribution is 7.90. The third kappa shape index (κ3) is 4.77. The van der Waals surface area contributed by atoms with Crippen molar-refractivity contribution in [1.29, 1.82) is 0 Å². The zero-order valence-electron chi connectivity index (χ0n) is 23.4. The van der Waals surface area contributed by atoms with Gasteiger partial charge >= 0.3 is 0 Å². The average Bonchev–Trinajstić information content (AvgIpc) is 3.32. The van der Waals surface area contributed by atoms with Crippen LogP contribution in [0.5, 0.6) is 0 Å². The number of pyridine rings is 1. The molecule has 0 unspecified atom stereocenters. The summed E-state index contributed by atoms with van der Waals surface area (Å²) in [4.78, 5) is 12.3. The number of thiazole rings is 1. The molecular formula is C30H31ClN6O3S2. The first kappa shape index (κ1) is 27.7. The van der Waals surface area contributed by atoms with E-state index in [1.165, 1.54) is 34.3 Å². The van der Waals surface area contributed by atoms with Gasteiger partial charge in [0.05, 0.1) is 33.2 Å². The van der Waals surface area contributed by atoms with Crippen LogP contribution in [0.2, 0.25) is 5.02 Å². The summed E-state index contributed by atoms with van der Waals surface area (Å²) in [5.74, 6) is 0. The first-order valence-electron chi connectivity index (χ1n) is 14.1. The Morgan fingerprint density at radius 2 is 1.90 bits per heavy atom. The summed E-state index contributed by atoms with van der Waals surface area (Å²) >= 11 is 8.13. The highest BCUT2D eigenvalue weighted by Gasteiger charge is 2.39. The molecule has 0 aliphatic heterocycles. The monoisotopic (exact) mass is 622 g/mol. The summed E-state index contributed by atoms with van der Waals surface area (Å²) in [6, 6.07) is 9.27. The lowest BCUT2D eigenvalue weighted by molar-refractivity contribution is -0.0389. The van der Waals surface area contributed by atoms with Crippen LogP contribution < -0.4 is 0 Å². The summed E-state index contributed by atoms with van der Waals surface area (Å²) in [6.07, 6.45) is 11.5. The summed E-state index contributed by atoms with van der Waals surface area (Å²) in [7, 11) is -1.92. The second kappa shape index (κ2) is 10.3. The molecule has 12 heteroatoms. The van der Waals surface area contributed by atoms with E-state index in [4.69, 9.17) is 11.6 Å². The number of hydrogen-bond donors (Lipinski definition) is 1. The Balaban J connectivity index is 1.38. The van der Waals surface area contributed by atoms with Gasteiger partial charge in [0.1, 0.15) is 10.6 Å². The highest BCUT2D eigenvalue weighted by atomic mass is 35.5. The van der Waals surface area contributed by atoms with E-state index in [2.05, 4.69) is 27.0 Å². The first-order valence-corrected chi connectivity index (χ1v) is 16.7. The quantitative estimate of drug-likeness (QED) is 0.225. The standard InChI is InChI=1S/C30H31ClN6O3S2/c1-19-4-8-22(9-5-19)42(39,40)37-25(20-15-34-36(18-20)13-12-35(2)21-6-7-21)14-23-27(24(31)16-32-28(23)37)26-17-33-29(41-26)30(38)10-3-11-30/h4-5,8-9,14-18,21,38H,3,6-7,10-13H2,1-2H3. The number of likely N-dealkylation sites (N-methyl/N-ethyl adjacent to an activating group) is 1. The number of halogens is 1. The molecule has 2 aliphatic rings. The van der Waals surface area contributed by atoms with E-state index >= 15 is 0 Å². The van der Waals surface area contributed by atoms with E-state index in [0.717, 1.165) is 23.4 Å². The fourth-order valence-electron chi connectivity index (χ4n) is 5.52. The van der Waals surface area contributed by atoms with Crippen molar-refractivity contribution in [2.75, 3.05) is 13.6 Å². The number of aliphatic hydroxyl groups is 1. The maximum atomic E-state index is 14.2. The van der Waals surface area contributed by atoms with Gasteiger partial charge in [-0.05, 0) is 64.3 Å². The summed E-state index contributed by atoms with van der Waals surface area (Å²) in [6.45, 7) is 3.47. The van der Waals surface area contributed by atoms with Gasteiger partial charge < -0.3 is 10.0 Å². The first-order chi connectivity index (χ1) is 20.1. The molecule has 2 aliphatic carbocycles. The number of aryl methyl sites for hydroxylation is 1. The smallest absolute Gasteiger partial charge is 0.269 e. The maximum absolute atomic E-state index is 14.2. The van der Waals surface area contributed by atoms with Gasteiger partial charge in [0, 0.05) is 47.7 Å². The molecule has 4 heterocycles. The molecule has 0 atom stereocenters. The highest BCUT2D eigenvalue weighted by Crippen LogP contribution is 2.47.